The fourth-order valence-electron chi connectivity index (χ4n) is 0.330. The van der Waals surface area contributed by atoms with Gasteiger partial charge in [0.25, 0.3) is 0 Å². The number of hydrogen-bond donors (Lipinski definition) is 0. The summed E-state index contributed by atoms with van der Waals surface area (Å²) in [5, 5.41) is 8.26. The number of aliphatic imine (C=N–C) groups is 1. The van der Waals surface area contributed by atoms with Crippen LogP contribution in [0.4, 0.5) is 4.39 Å². The standard InChI is InChI=1S/C7H7FN2/c1-3-6(5-9)4-7(8)10-2/h3-4H,1H2,2H3/b6-4+,10-7?. The predicted octanol–water partition coefficient (Wildman–Crippen LogP) is 1.62. The van der Waals surface area contributed by atoms with E-state index in [4.69, 9.17) is 5.26 Å². The molecule has 10 heavy (non-hydrogen) atoms. The number of allylic oxidation sites excluding steroid dienone is 3. The first kappa shape index (κ1) is 8.57. The van der Waals surface area contributed by atoms with Gasteiger partial charge in [0.05, 0.1) is 11.6 Å². The Morgan fingerprint density at radius 2 is 2.40 bits per heavy atom. The molecule has 0 amide bonds. The number of nitriles is 1. The van der Waals surface area contributed by atoms with Crippen molar-refractivity contribution in [3.63, 3.8) is 0 Å². The molecule has 0 aliphatic carbocycles. The molecule has 0 aromatic rings. The van der Waals surface area contributed by atoms with Crippen LogP contribution in [0, 0.1) is 11.3 Å². The lowest BCUT2D eigenvalue weighted by Gasteiger charge is -1.83. The summed E-state index contributed by atoms with van der Waals surface area (Å²) in [6.45, 7) is 3.31. The highest BCUT2D eigenvalue weighted by Crippen LogP contribution is 1.94. The van der Waals surface area contributed by atoms with E-state index in [0.29, 0.717) is 0 Å². The minimum atomic E-state index is -0.670. The average molecular weight is 138 g/mol. The highest BCUT2D eigenvalue weighted by Gasteiger charge is 1.90. The van der Waals surface area contributed by atoms with Crippen LogP contribution in [0.5, 0.6) is 0 Å². The van der Waals surface area contributed by atoms with Crippen LogP contribution in [-0.2, 0) is 0 Å². The topological polar surface area (TPSA) is 36.1 Å². The molecule has 0 saturated carbocycles. The minimum absolute atomic E-state index is 0.170. The van der Waals surface area contributed by atoms with E-state index in [0.717, 1.165) is 6.08 Å². The van der Waals surface area contributed by atoms with Crippen molar-refractivity contribution in [2.24, 2.45) is 4.99 Å². The van der Waals surface area contributed by atoms with E-state index in [1.54, 1.807) is 6.07 Å². The van der Waals surface area contributed by atoms with Crippen molar-refractivity contribution in [3.05, 3.63) is 24.3 Å². The molecular weight excluding hydrogens is 131 g/mol. The van der Waals surface area contributed by atoms with Crippen LogP contribution in [0.15, 0.2) is 29.3 Å². The van der Waals surface area contributed by atoms with Gasteiger partial charge in [0.1, 0.15) is 0 Å². The van der Waals surface area contributed by atoms with Gasteiger partial charge >= 0.3 is 0 Å². The summed E-state index contributed by atoms with van der Waals surface area (Å²) in [7, 11) is 1.31. The fraction of sp³-hybridized carbons (Fsp3) is 0.143. The maximum atomic E-state index is 12.2. The molecule has 0 rings (SSSR count). The molecule has 0 aromatic heterocycles. The van der Waals surface area contributed by atoms with E-state index in [2.05, 4.69) is 11.6 Å². The largest absolute Gasteiger partial charge is 0.261 e. The molecule has 0 N–H and O–H groups in total. The van der Waals surface area contributed by atoms with Gasteiger partial charge in [-0.3, -0.25) is 4.99 Å². The first-order chi connectivity index (χ1) is 4.74. The molecule has 0 aliphatic rings. The lowest BCUT2D eigenvalue weighted by molar-refractivity contribution is 0.809. The van der Waals surface area contributed by atoms with Crippen molar-refractivity contribution in [2.45, 2.75) is 0 Å². The van der Waals surface area contributed by atoms with Gasteiger partial charge in [-0.2, -0.15) is 9.65 Å². The van der Waals surface area contributed by atoms with Gasteiger partial charge in [0.2, 0.25) is 5.97 Å². The zero-order valence-corrected chi connectivity index (χ0v) is 5.63. The zero-order chi connectivity index (χ0) is 7.98. The van der Waals surface area contributed by atoms with E-state index >= 15 is 0 Å². The van der Waals surface area contributed by atoms with Gasteiger partial charge in [-0.1, -0.05) is 12.7 Å². The van der Waals surface area contributed by atoms with Gasteiger partial charge in [-0.05, 0) is 0 Å². The van der Waals surface area contributed by atoms with Crippen molar-refractivity contribution in [1.29, 1.82) is 5.26 Å². The first-order valence-corrected chi connectivity index (χ1v) is 2.61. The van der Waals surface area contributed by atoms with Crippen molar-refractivity contribution in [3.8, 4) is 6.07 Å². The van der Waals surface area contributed by atoms with E-state index in [9.17, 15) is 4.39 Å². The summed E-state index contributed by atoms with van der Waals surface area (Å²) in [4.78, 5) is 3.20. The molecule has 3 heteroatoms. The SMILES string of the molecule is C=C/C(C#N)=C\C(F)=NC. The molecule has 0 bridgehead atoms. The van der Waals surface area contributed by atoms with Crippen LogP contribution in [0.3, 0.4) is 0 Å². The van der Waals surface area contributed by atoms with E-state index < -0.39 is 5.97 Å². The number of nitrogens with zero attached hydrogens (tertiary/aromatic N) is 2. The molecule has 2 nitrogen and oxygen atoms in total. The second-order valence-corrected chi connectivity index (χ2v) is 1.46. The molecule has 52 valence electrons. The Bertz CT molecular complexity index is 220. The Morgan fingerprint density at radius 1 is 1.80 bits per heavy atom. The predicted molar refractivity (Wildman–Crippen MR) is 38.4 cm³/mol. The molecule has 0 atom stereocenters. The lowest BCUT2D eigenvalue weighted by atomic mass is 10.3. The maximum absolute atomic E-state index is 12.2. The fourth-order valence-corrected chi connectivity index (χ4v) is 0.330. The van der Waals surface area contributed by atoms with Crippen LogP contribution in [0.25, 0.3) is 0 Å². The molecular formula is C7H7FN2. The second kappa shape index (κ2) is 4.45. The monoisotopic (exact) mass is 138 g/mol. The van der Waals surface area contributed by atoms with E-state index in [1.165, 1.54) is 13.1 Å². The van der Waals surface area contributed by atoms with Gasteiger partial charge in [0.15, 0.2) is 0 Å². The molecule has 0 unspecified atom stereocenters. The molecule has 0 saturated heterocycles. The third-order valence-electron chi connectivity index (χ3n) is 0.837. The van der Waals surface area contributed by atoms with Gasteiger partial charge in [-0.15, -0.1) is 0 Å². The Kier molecular flexibility index (Phi) is 3.81. The van der Waals surface area contributed by atoms with Gasteiger partial charge < -0.3 is 0 Å². The number of hydrogen-bond acceptors (Lipinski definition) is 2. The number of halogens is 1. The minimum Gasteiger partial charge on any atom is -0.261 e. The molecule has 0 heterocycles. The molecule has 0 radical (unpaired) electrons. The van der Waals surface area contributed by atoms with Crippen molar-refractivity contribution in [1.82, 2.24) is 0 Å². The molecule has 0 aromatic carbocycles. The third-order valence-corrected chi connectivity index (χ3v) is 0.837. The highest BCUT2D eigenvalue weighted by atomic mass is 19.1. The zero-order valence-electron chi connectivity index (χ0n) is 5.63. The smallest absolute Gasteiger partial charge is 0.209 e. The summed E-state index contributed by atoms with van der Waals surface area (Å²) < 4.78 is 12.2. The average Bonchev–Trinajstić information content (AvgIpc) is 1.99. The first-order valence-electron chi connectivity index (χ1n) is 2.61. The Balaban J connectivity index is 4.44. The van der Waals surface area contributed by atoms with Crippen LogP contribution in [0.2, 0.25) is 0 Å². The summed E-state index contributed by atoms with van der Waals surface area (Å²) >= 11 is 0. The second-order valence-electron chi connectivity index (χ2n) is 1.46. The van der Waals surface area contributed by atoms with Crippen molar-refractivity contribution < 1.29 is 4.39 Å². The van der Waals surface area contributed by atoms with Crippen molar-refractivity contribution >= 4 is 5.97 Å². The normalized spacial score (nSPS) is 12.5. The summed E-state index contributed by atoms with van der Waals surface area (Å²) in [5.74, 6) is -0.670. The van der Waals surface area contributed by atoms with Crippen LogP contribution in [0.1, 0.15) is 0 Å². The van der Waals surface area contributed by atoms with Crippen LogP contribution >= 0.6 is 0 Å². The highest BCUT2D eigenvalue weighted by molar-refractivity contribution is 5.88. The van der Waals surface area contributed by atoms with E-state index in [-0.39, 0.29) is 5.57 Å². The van der Waals surface area contributed by atoms with E-state index in [1.807, 2.05) is 0 Å². The molecule has 0 fully saturated rings. The van der Waals surface area contributed by atoms with Crippen LogP contribution < -0.4 is 0 Å². The Labute approximate surface area is 59.0 Å². The number of rotatable bonds is 2. The lowest BCUT2D eigenvalue weighted by Crippen LogP contribution is -1.82. The summed E-state index contributed by atoms with van der Waals surface area (Å²) in [5.41, 5.74) is 0.170. The third kappa shape index (κ3) is 2.78. The van der Waals surface area contributed by atoms with Crippen molar-refractivity contribution in [2.75, 3.05) is 7.05 Å². The van der Waals surface area contributed by atoms with Gasteiger partial charge in [0, 0.05) is 13.1 Å². The summed E-state index contributed by atoms with van der Waals surface area (Å²) in [6.07, 6.45) is 2.29. The molecule has 0 spiro atoms. The maximum Gasteiger partial charge on any atom is 0.209 e. The molecule has 0 aliphatic heterocycles. The van der Waals surface area contributed by atoms with Gasteiger partial charge in [-0.25, -0.2) is 0 Å². The van der Waals surface area contributed by atoms with Crippen LogP contribution in [-0.4, -0.2) is 13.0 Å². The Hall–Kier alpha value is -1.43. The Morgan fingerprint density at radius 3 is 2.70 bits per heavy atom. The quantitative estimate of drug-likeness (QED) is 0.324. The summed E-state index contributed by atoms with van der Waals surface area (Å²) in [6, 6.07) is 1.74.